The molecule has 5 rings (SSSR count). The zero-order chi connectivity index (χ0) is 25.7. The fourth-order valence-electron chi connectivity index (χ4n) is 5.83. The van der Waals surface area contributed by atoms with Gasteiger partial charge in [0.15, 0.2) is 0 Å². The van der Waals surface area contributed by atoms with Crippen LogP contribution in [-0.4, -0.2) is 47.2 Å². The molecule has 1 aliphatic rings. The highest BCUT2D eigenvalue weighted by atomic mass is 16.5. The Balaban J connectivity index is 1.63. The van der Waals surface area contributed by atoms with Crippen LogP contribution in [0.3, 0.4) is 0 Å². The van der Waals surface area contributed by atoms with E-state index in [1.807, 2.05) is 42.5 Å². The summed E-state index contributed by atoms with van der Waals surface area (Å²) in [6, 6.07) is 15.6. The van der Waals surface area contributed by atoms with Gasteiger partial charge in [-0.3, -0.25) is 4.79 Å². The Morgan fingerprint density at radius 2 is 1.69 bits per heavy atom. The Bertz CT molecular complexity index is 1440. The molecule has 0 atom stereocenters. The van der Waals surface area contributed by atoms with E-state index in [-0.39, 0.29) is 23.0 Å². The summed E-state index contributed by atoms with van der Waals surface area (Å²) in [5.41, 5.74) is 3.54. The van der Waals surface area contributed by atoms with Crippen molar-refractivity contribution >= 4 is 27.7 Å². The van der Waals surface area contributed by atoms with Crippen LogP contribution in [0.5, 0.6) is 11.5 Å². The highest BCUT2D eigenvalue weighted by Gasteiger charge is 2.38. The zero-order valence-electron chi connectivity index (χ0n) is 21.8. The molecule has 188 valence electrons. The summed E-state index contributed by atoms with van der Waals surface area (Å²) < 4.78 is 11.1. The number of fused-ring (bicyclic) bond motifs is 3. The second-order valence-electron chi connectivity index (χ2n) is 11.0. The lowest BCUT2D eigenvalue weighted by Crippen LogP contribution is -2.62. The maximum Gasteiger partial charge on any atom is 0.270 e. The number of benzene rings is 2. The number of piperidine rings is 1. The quantitative estimate of drug-likeness (QED) is 0.350. The van der Waals surface area contributed by atoms with Crippen molar-refractivity contribution in [2.24, 2.45) is 0 Å². The predicted molar refractivity (Wildman–Crippen MR) is 144 cm³/mol. The maximum absolute atomic E-state index is 13.6. The highest BCUT2D eigenvalue weighted by Crippen LogP contribution is 2.38. The number of carbonyl (C=O) groups is 1. The SMILES string of the molecule is COc1ccc(-c2nc(C(=O)NC3CC(C)(C)NC(C)(C)C3)cc3c2[nH]c2ccccc23)c(OC)c1. The molecule has 0 saturated carbocycles. The van der Waals surface area contributed by atoms with Crippen LogP contribution in [0.25, 0.3) is 33.1 Å². The number of pyridine rings is 1. The molecule has 36 heavy (non-hydrogen) atoms. The molecule has 1 amide bonds. The van der Waals surface area contributed by atoms with E-state index in [1.165, 1.54) is 0 Å². The van der Waals surface area contributed by atoms with Crippen LogP contribution in [0.1, 0.15) is 51.0 Å². The number of rotatable bonds is 5. The number of carbonyl (C=O) groups excluding carboxylic acids is 1. The Morgan fingerprint density at radius 1 is 0.972 bits per heavy atom. The van der Waals surface area contributed by atoms with Crippen molar-refractivity contribution < 1.29 is 14.3 Å². The standard InChI is InChI=1S/C29H34N4O3/c1-28(2)15-17(16-29(3,4)33-28)30-27(34)23-14-21-19-9-7-8-10-22(19)31-26(21)25(32-23)20-12-11-18(35-5)13-24(20)36-6/h7-14,17,31,33H,15-16H2,1-6H3,(H,30,34). The van der Waals surface area contributed by atoms with Gasteiger partial charge < -0.3 is 25.1 Å². The third kappa shape index (κ3) is 4.51. The van der Waals surface area contributed by atoms with E-state index in [4.69, 9.17) is 14.5 Å². The summed E-state index contributed by atoms with van der Waals surface area (Å²) in [6.45, 7) is 8.71. The number of aromatic nitrogens is 2. The smallest absolute Gasteiger partial charge is 0.270 e. The van der Waals surface area contributed by atoms with Crippen molar-refractivity contribution in [2.75, 3.05) is 14.2 Å². The first-order valence-corrected chi connectivity index (χ1v) is 12.3. The molecule has 3 heterocycles. The monoisotopic (exact) mass is 486 g/mol. The van der Waals surface area contributed by atoms with E-state index >= 15 is 0 Å². The number of hydrogen-bond acceptors (Lipinski definition) is 5. The van der Waals surface area contributed by atoms with Gasteiger partial charge in [-0.15, -0.1) is 0 Å². The average molecular weight is 487 g/mol. The molecule has 1 aliphatic heterocycles. The third-order valence-corrected chi connectivity index (χ3v) is 6.92. The van der Waals surface area contributed by atoms with Crippen LogP contribution in [0.2, 0.25) is 0 Å². The number of hydrogen-bond donors (Lipinski definition) is 3. The largest absolute Gasteiger partial charge is 0.497 e. The number of amides is 1. The van der Waals surface area contributed by atoms with E-state index in [1.54, 1.807) is 14.2 Å². The van der Waals surface area contributed by atoms with E-state index in [9.17, 15) is 4.79 Å². The molecule has 7 nitrogen and oxygen atoms in total. The minimum absolute atomic E-state index is 0.0446. The van der Waals surface area contributed by atoms with E-state index in [0.717, 1.165) is 40.2 Å². The number of methoxy groups -OCH3 is 2. The lowest BCUT2D eigenvalue weighted by Gasteiger charge is -2.46. The number of aromatic amines is 1. The molecule has 1 fully saturated rings. The minimum Gasteiger partial charge on any atom is -0.497 e. The first-order chi connectivity index (χ1) is 17.1. The van der Waals surface area contributed by atoms with Crippen molar-refractivity contribution in [2.45, 2.75) is 57.7 Å². The molecule has 0 unspecified atom stereocenters. The van der Waals surface area contributed by atoms with Crippen molar-refractivity contribution in [1.29, 1.82) is 0 Å². The van der Waals surface area contributed by atoms with Gasteiger partial charge in [-0.05, 0) is 64.8 Å². The molecule has 0 aliphatic carbocycles. The van der Waals surface area contributed by atoms with Gasteiger partial charge >= 0.3 is 0 Å². The summed E-state index contributed by atoms with van der Waals surface area (Å²) in [5, 5.41) is 8.94. The molecule has 7 heteroatoms. The Labute approximate surface area is 211 Å². The molecule has 2 aromatic carbocycles. The first-order valence-electron chi connectivity index (χ1n) is 12.3. The van der Waals surface area contributed by atoms with E-state index in [2.05, 4.69) is 49.4 Å². The van der Waals surface area contributed by atoms with Crippen molar-refractivity contribution in [3.8, 4) is 22.8 Å². The van der Waals surface area contributed by atoms with Crippen LogP contribution in [0.4, 0.5) is 0 Å². The van der Waals surface area contributed by atoms with Crippen molar-refractivity contribution in [1.82, 2.24) is 20.6 Å². The summed E-state index contributed by atoms with van der Waals surface area (Å²) in [4.78, 5) is 22.0. The average Bonchev–Trinajstić information content (AvgIpc) is 3.19. The summed E-state index contributed by atoms with van der Waals surface area (Å²) in [6.07, 6.45) is 1.69. The van der Waals surface area contributed by atoms with Gasteiger partial charge in [-0.1, -0.05) is 18.2 Å². The van der Waals surface area contributed by atoms with Gasteiger partial charge in [-0.2, -0.15) is 0 Å². The molecule has 0 radical (unpaired) electrons. The number of nitrogens with zero attached hydrogens (tertiary/aromatic N) is 1. The second kappa shape index (κ2) is 8.82. The Hall–Kier alpha value is -3.58. The van der Waals surface area contributed by atoms with Gasteiger partial charge in [0.25, 0.3) is 5.91 Å². The normalized spacial score (nSPS) is 17.3. The van der Waals surface area contributed by atoms with Gasteiger partial charge in [0.05, 0.1) is 25.4 Å². The third-order valence-electron chi connectivity index (χ3n) is 6.92. The van der Waals surface area contributed by atoms with Gasteiger partial charge in [0.1, 0.15) is 17.2 Å². The topological polar surface area (TPSA) is 88.3 Å². The zero-order valence-corrected chi connectivity index (χ0v) is 21.8. The lowest BCUT2D eigenvalue weighted by atomic mass is 9.79. The molecule has 4 aromatic rings. The summed E-state index contributed by atoms with van der Waals surface area (Å²) in [5.74, 6) is 1.14. The Morgan fingerprint density at radius 3 is 2.39 bits per heavy atom. The van der Waals surface area contributed by atoms with Gasteiger partial charge in [0, 0.05) is 45.0 Å². The fourth-order valence-corrected chi connectivity index (χ4v) is 5.83. The molecule has 3 N–H and O–H groups in total. The highest BCUT2D eigenvalue weighted by molar-refractivity contribution is 6.13. The first kappa shape index (κ1) is 24.1. The second-order valence-corrected chi connectivity index (χ2v) is 11.0. The molecule has 1 saturated heterocycles. The van der Waals surface area contributed by atoms with Crippen LogP contribution >= 0.6 is 0 Å². The summed E-state index contributed by atoms with van der Waals surface area (Å²) in [7, 11) is 3.24. The van der Waals surface area contributed by atoms with Gasteiger partial charge in [-0.25, -0.2) is 4.98 Å². The number of para-hydroxylation sites is 1. The molecular formula is C29H34N4O3. The van der Waals surface area contributed by atoms with Gasteiger partial charge in [0.2, 0.25) is 0 Å². The van der Waals surface area contributed by atoms with E-state index in [0.29, 0.717) is 22.9 Å². The van der Waals surface area contributed by atoms with Crippen LogP contribution < -0.4 is 20.1 Å². The summed E-state index contributed by atoms with van der Waals surface area (Å²) >= 11 is 0. The van der Waals surface area contributed by atoms with E-state index < -0.39 is 0 Å². The predicted octanol–water partition coefficient (Wildman–Crippen LogP) is 5.44. The number of H-pyrrole nitrogens is 1. The molecular weight excluding hydrogens is 452 g/mol. The van der Waals surface area contributed by atoms with Crippen LogP contribution in [-0.2, 0) is 0 Å². The van der Waals surface area contributed by atoms with Crippen molar-refractivity contribution in [3.63, 3.8) is 0 Å². The minimum atomic E-state index is -0.172. The lowest BCUT2D eigenvalue weighted by molar-refractivity contribution is 0.0868. The number of ether oxygens (including phenoxy) is 2. The van der Waals surface area contributed by atoms with Crippen molar-refractivity contribution in [3.05, 3.63) is 54.2 Å². The maximum atomic E-state index is 13.6. The molecule has 0 bridgehead atoms. The Kier molecular flexibility index (Phi) is 5.91. The number of nitrogens with one attached hydrogen (secondary N) is 3. The fraction of sp³-hybridized carbons (Fsp3) is 0.379. The molecule has 0 spiro atoms. The van der Waals surface area contributed by atoms with Crippen LogP contribution in [0, 0.1) is 0 Å². The molecule has 2 aromatic heterocycles. The van der Waals surface area contributed by atoms with Crippen LogP contribution in [0.15, 0.2) is 48.5 Å².